The van der Waals surface area contributed by atoms with Crippen molar-refractivity contribution in [3.05, 3.63) is 94.8 Å². The fraction of sp³-hybridized carbons (Fsp3) is 0.130. The smallest absolute Gasteiger partial charge is 0.272 e. The normalized spacial score (nSPS) is 11.3. The topological polar surface area (TPSA) is 77.1 Å². The van der Waals surface area contributed by atoms with Crippen LogP contribution in [0, 0.1) is 5.82 Å². The minimum atomic E-state index is -0.424. The number of hydrogen-bond acceptors (Lipinski definition) is 4. The molecule has 9 heteroatoms. The van der Waals surface area contributed by atoms with Crippen LogP contribution >= 0.6 is 11.6 Å². The maximum atomic E-state index is 13.9. The number of carbonyl (C=O) groups excluding carboxylic acids is 1. The molecule has 0 fully saturated rings. The maximum absolute atomic E-state index is 13.9. The van der Waals surface area contributed by atoms with Gasteiger partial charge in [0, 0.05) is 29.6 Å². The first-order chi connectivity index (χ1) is 15.6. The molecular weight excluding hydrogens is 431 g/mol. The van der Waals surface area contributed by atoms with Gasteiger partial charge in [-0.1, -0.05) is 29.8 Å². The van der Waals surface area contributed by atoms with E-state index in [0.29, 0.717) is 35.4 Å². The Hall–Kier alpha value is -3.78. The second-order valence-electron chi connectivity index (χ2n) is 7.35. The van der Waals surface area contributed by atoms with Gasteiger partial charge < -0.3 is 5.32 Å². The van der Waals surface area contributed by atoms with Crippen LogP contribution in [0.4, 0.5) is 4.39 Å². The molecule has 3 aromatic heterocycles. The van der Waals surface area contributed by atoms with Crippen LogP contribution in [0.3, 0.4) is 0 Å². The molecule has 0 aliphatic rings. The van der Waals surface area contributed by atoms with Crippen LogP contribution in [-0.2, 0) is 13.0 Å². The van der Waals surface area contributed by atoms with E-state index < -0.39 is 5.82 Å². The Kier molecular flexibility index (Phi) is 5.28. The highest BCUT2D eigenvalue weighted by Gasteiger charge is 2.18. The van der Waals surface area contributed by atoms with Crippen LogP contribution in [0.25, 0.3) is 16.6 Å². The molecule has 1 N–H and O–H groups in total. The van der Waals surface area contributed by atoms with E-state index in [1.54, 1.807) is 22.9 Å². The number of nitrogens with one attached hydrogen (secondary N) is 1. The van der Waals surface area contributed by atoms with E-state index in [1.165, 1.54) is 12.1 Å². The highest BCUT2D eigenvalue weighted by Crippen LogP contribution is 2.22. The minimum Gasteiger partial charge on any atom is -0.350 e. The molecule has 0 unspecified atom stereocenters. The average Bonchev–Trinajstić information content (AvgIpc) is 3.37. The molecule has 1 amide bonds. The van der Waals surface area contributed by atoms with Gasteiger partial charge in [0.05, 0.1) is 12.1 Å². The summed E-state index contributed by atoms with van der Waals surface area (Å²) < 4.78 is 17.5. The van der Waals surface area contributed by atoms with Crippen LogP contribution in [0.2, 0.25) is 5.02 Å². The molecule has 0 radical (unpaired) electrons. The predicted molar refractivity (Wildman–Crippen MR) is 119 cm³/mol. The summed E-state index contributed by atoms with van der Waals surface area (Å²) in [4.78, 5) is 12.9. The fourth-order valence-corrected chi connectivity index (χ4v) is 3.76. The third-order valence-electron chi connectivity index (χ3n) is 5.19. The van der Waals surface area contributed by atoms with Gasteiger partial charge in [-0.15, -0.1) is 10.2 Å². The highest BCUT2D eigenvalue weighted by molar-refractivity contribution is 6.30. The summed E-state index contributed by atoms with van der Waals surface area (Å²) in [6.45, 7) is 0.772. The third-order valence-corrected chi connectivity index (χ3v) is 5.44. The summed E-state index contributed by atoms with van der Waals surface area (Å²) in [6.07, 6.45) is 2.37. The number of carbonyl (C=O) groups is 1. The number of nitrogens with zero attached hydrogens (tertiary/aromatic N) is 5. The second kappa shape index (κ2) is 8.39. The van der Waals surface area contributed by atoms with Gasteiger partial charge in [-0.3, -0.25) is 13.9 Å². The molecule has 0 saturated carbocycles. The first kappa shape index (κ1) is 20.1. The predicted octanol–water partition coefficient (Wildman–Crippen LogP) is 3.89. The molecule has 0 saturated heterocycles. The number of rotatable bonds is 6. The van der Waals surface area contributed by atoms with Crippen molar-refractivity contribution in [2.45, 2.75) is 13.0 Å². The molecule has 160 valence electrons. The summed E-state index contributed by atoms with van der Waals surface area (Å²) in [7, 11) is 0. The van der Waals surface area contributed by atoms with Crippen LogP contribution in [0.1, 0.15) is 21.9 Å². The Morgan fingerprint density at radius 2 is 1.91 bits per heavy atom. The van der Waals surface area contributed by atoms with Crippen molar-refractivity contribution in [1.82, 2.24) is 29.7 Å². The monoisotopic (exact) mass is 448 g/mol. The number of amides is 1. The molecule has 32 heavy (non-hydrogen) atoms. The molecule has 5 aromatic rings. The number of halogens is 2. The summed E-state index contributed by atoms with van der Waals surface area (Å²) in [5.41, 5.74) is 2.57. The number of hydrogen-bond donors (Lipinski definition) is 1. The summed E-state index contributed by atoms with van der Waals surface area (Å²) in [5.74, 6) is -0.0538. The van der Waals surface area contributed by atoms with E-state index >= 15 is 0 Å². The Morgan fingerprint density at radius 3 is 2.75 bits per heavy atom. The van der Waals surface area contributed by atoms with E-state index in [-0.39, 0.29) is 11.6 Å². The SMILES string of the molecule is O=C(NCCc1nnc2ccccn12)c1nn(Cc2ccc(Cl)cc2)c2ccc(F)cc12. The lowest BCUT2D eigenvalue weighted by molar-refractivity contribution is 0.0949. The summed E-state index contributed by atoms with van der Waals surface area (Å²) in [6, 6.07) is 17.3. The molecule has 3 heterocycles. The van der Waals surface area contributed by atoms with Gasteiger partial charge in [-0.2, -0.15) is 5.10 Å². The molecule has 0 atom stereocenters. The van der Waals surface area contributed by atoms with E-state index in [9.17, 15) is 9.18 Å². The zero-order valence-electron chi connectivity index (χ0n) is 16.9. The lowest BCUT2D eigenvalue weighted by atomic mass is 10.2. The standard InChI is InChI=1S/C23H18ClFN6O/c24-16-6-4-15(5-7-16)14-31-19-9-8-17(25)13-18(19)22(29-31)23(32)26-11-10-21-28-27-20-3-1-2-12-30(20)21/h1-9,12-13H,10-11,14H2,(H,26,32). The largest absolute Gasteiger partial charge is 0.350 e. The van der Waals surface area contributed by atoms with Gasteiger partial charge in [-0.05, 0) is 48.0 Å². The first-order valence-electron chi connectivity index (χ1n) is 10.1. The van der Waals surface area contributed by atoms with Gasteiger partial charge >= 0.3 is 0 Å². The quantitative estimate of drug-likeness (QED) is 0.427. The van der Waals surface area contributed by atoms with E-state index in [1.807, 2.05) is 40.9 Å². The van der Waals surface area contributed by atoms with E-state index in [2.05, 4.69) is 20.6 Å². The van der Waals surface area contributed by atoms with Crippen molar-refractivity contribution >= 4 is 34.1 Å². The molecule has 2 aromatic carbocycles. The van der Waals surface area contributed by atoms with Crippen LogP contribution in [-0.4, -0.2) is 36.8 Å². The Morgan fingerprint density at radius 1 is 1.06 bits per heavy atom. The van der Waals surface area contributed by atoms with Gasteiger partial charge in [0.15, 0.2) is 11.3 Å². The van der Waals surface area contributed by atoms with Gasteiger partial charge in [0.2, 0.25) is 0 Å². The van der Waals surface area contributed by atoms with Crippen LogP contribution in [0.5, 0.6) is 0 Å². The lowest BCUT2D eigenvalue weighted by Crippen LogP contribution is -2.27. The number of fused-ring (bicyclic) bond motifs is 2. The van der Waals surface area contributed by atoms with Crippen LogP contribution < -0.4 is 5.32 Å². The molecular formula is C23H18ClFN6O. The lowest BCUT2D eigenvalue weighted by Gasteiger charge is -2.04. The molecule has 7 nitrogen and oxygen atoms in total. The van der Waals surface area contributed by atoms with Gasteiger partial charge in [0.25, 0.3) is 5.91 Å². The van der Waals surface area contributed by atoms with Crippen molar-refractivity contribution in [2.75, 3.05) is 6.54 Å². The summed E-state index contributed by atoms with van der Waals surface area (Å²) >= 11 is 5.96. The molecule has 0 aliphatic carbocycles. The Labute approximate surface area is 187 Å². The molecule has 0 aliphatic heterocycles. The van der Waals surface area contributed by atoms with Gasteiger partial charge in [0.1, 0.15) is 11.6 Å². The maximum Gasteiger partial charge on any atom is 0.272 e. The number of benzene rings is 2. The zero-order chi connectivity index (χ0) is 22.1. The van der Waals surface area contributed by atoms with Crippen molar-refractivity contribution < 1.29 is 9.18 Å². The molecule has 5 rings (SSSR count). The zero-order valence-corrected chi connectivity index (χ0v) is 17.6. The van der Waals surface area contributed by atoms with Crippen molar-refractivity contribution in [3.8, 4) is 0 Å². The Bertz CT molecular complexity index is 1430. The Balaban J connectivity index is 1.37. The van der Waals surface area contributed by atoms with Crippen molar-refractivity contribution in [1.29, 1.82) is 0 Å². The van der Waals surface area contributed by atoms with E-state index in [0.717, 1.165) is 17.0 Å². The van der Waals surface area contributed by atoms with Crippen LogP contribution in [0.15, 0.2) is 66.9 Å². The van der Waals surface area contributed by atoms with Crippen molar-refractivity contribution in [2.24, 2.45) is 0 Å². The highest BCUT2D eigenvalue weighted by atomic mass is 35.5. The number of aromatic nitrogens is 5. The van der Waals surface area contributed by atoms with E-state index in [4.69, 9.17) is 11.6 Å². The van der Waals surface area contributed by atoms with Crippen molar-refractivity contribution in [3.63, 3.8) is 0 Å². The molecule has 0 spiro atoms. The average molecular weight is 449 g/mol. The third kappa shape index (κ3) is 3.92. The first-order valence-corrected chi connectivity index (χ1v) is 10.4. The van der Waals surface area contributed by atoms with Gasteiger partial charge in [-0.25, -0.2) is 4.39 Å². The molecule has 0 bridgehead atoms. The second-order valence-corrected chi connectivity index (χ2v) is 7.78. The minimum absolute atomic E-state index is 0.180. The number of pyridine rings is 1. The fourth-order valence-electron chi connectivity index (χ4n) is 3.64. The summed E-state index contributed by atoms with van der Waals surface area (Å²) in [5, 5.41) is 16.7.